The fourth-order valence-electron chi connectivity index (χ4n) is 1.61. The number of pyridine rings is 1. The maximum absolute atomic E-state index is 5.56. The molecule has 3 N–H and O–H groups in total. The molecular weight excluding hydrogens is 188 g/mol. The van der Waals surface area contributed by atoms with Crippen LogP contribution < -0.4 is 5.73 Å². The molecule has 4 nitrogen and oxygen atoms in total. The number of nitrogens with two attached hydrogens (primary N) is 1. The summed E-state index contributed by atoms with van der Waals surface area (Å²) in [7, 11) is 0. The van der Waals surface area contributed by atoms with Gasteiger partial charge in [-0.15, -0.1) is 0 Å². The summed E-state index contributed by atoms with van der Waals surface area (Å²) in [5, 5.41) is 0. The average molecular weight is 202 g/mol. The zero-order valence-electron chi connectivity index (χ0n) is 8.70. The maximum atomic E-state index is 5.56. The highest BCUT2D eigenvalue weighted by atomic mass is 14.9. The van der Waals surface area contributed by atoms with E-state index >= 15 is 0 Å². The molecule has 0 atom stereocenters. The van der Waals surface area contributed by atoms with Gasteiger partial charge in [-0.2, -0.15) is 0 Å². The molecule has 0 aliphatic carbocycles. The van der Waals surface area contributed by atoms with Gasteiger partial charge in [-0.1, -0.05) is 0 Å². The first-order valence-corrected chi connectivity index (χ1v) is 4.97. The zero-order valence-corrected chi connectivity index (χ0v) is 8.70. The quantitative estimate of drug-likeness (QED) is 0.787. The third-order valence-electron chi connectivity index (χ3n) is 2.25. The lowest BCUT2D eigenvalue weighted by molar-refractivity contribution is 0.930. The van der Waals surface area contributed by atoms with E-state index in [1.807, 2.05) is 19.1 Å². The van der Waals surface area contributed by atoms with E-state index in [0.29, 0.717) is 6.54 Å². The van der Waals surface area contributed by atoms with E-state index in [9.17, 15) is 0 Å². The van der Waals surface area contributed by atoms with Gasteiger partial charge in [0.1, 0.15) is 5.82 Å². The van der Waals surface area contributed by atoms with Crippen molar-refractivity contribution in [3.63, 3.8) is 0 Å². The van der Waals surface area contributed by atoms with Crippen LogP contribution in [-0.2, 0) is 6.42 Å². The molecule has 0 saturated carbocycles. The van der Waals surface area contributed by atoms with Gasteiger partial charge in [0, 0.05) is 30.1 Å². The summed E-state index contributed by atoms with van der Waals surface area (Å²) >= 11 is 0. The summed E-state index contributed by atoms with van der Waals surface area (Å²) in [6.07, 6.45) is 4.36. The molecule has 2 aromatic rings. The van der Waals surface area contributed by atoms with Crippen LogP contribution in [0.15, 0.2) is 24.5 Å². The van der Waals surface area contributed by atoms with Gasteiger partial charge < -0.3 is 10.7 Å². The minimum Gasteiger partial charge on any atom is -0.346 e. The van der Waals surface area contributed by atoms with Crippen LogP contribution in [0.1, 0.15) is 11.5 Å². The van der Waals surface area contributed by atoms with Crippen LogP contribution in [0, 0.1) is 6.92 Å². The number of nitrogens with zero attached hydrogens (tertiary/aromatic N) is 2. The first-order chi connectivity index (χ1) is 7.31. The SMILES string of the molecule is Cc1nc(-c2ccncc2)c(CCN)[nH]1. The van der Waals surface area contributed by atoms with Crippen LogP contribution in [0.25, 0.3) is 11.3 Å². The second kappa shape index (κ2) is 4.23. The van der Waals surface area contributed by atoms with Crippen molar-refractivity contribution in [2.75, 3.05) is 6.54 Å². The average Bonchev–Trinajstić information content (AvgIpc) is 2.62. The van der Waals surface area contributed by atoms with E-state index in [1.165, 1.54) is 0 Å². The Balaban J connectivity index is 2.43. The van der Waals surface area contributed by atoms with Crippen molar-refractivity contribution in [1.82, 2.24) is 15.0 Å². The van der Waals surface area contributed by atoms with Gasteiger partial charge in [0.05, 0.1) is 5.69 Å². The number of nitrogens with one attached hydrogen (secondary N) is 1. The van der Waals surface area contributed by atoms with Gasteiger partial charge in [-0.3, -0.25) is 4.98 Å². The maximum Gasteiger partial charge on any atom is 0.103 e. The third kappa shape index (κ3) is 2.05. The molecule has 0 radical (unpaired) electrons. The van der Waals surface area contributed by atoms with Gasteiger partial charge in [0.2, 0.25) is 0 Å². The van der Waals surface area contributed by atoms with Gasteiger partial charge in [0.15, 0.2) is 0 Å². The summed E-state index contributed by atoms with van der Waals surface area (Å²) in [4.78, 5) is 11.7. The Morgan fingerprint density at radius 1 is 1.33 bits per heavy atom. The Labute approximate surface area is 88.6 Å². The molecule has 15 heavy (non-hydrogen) atoms. The molecule has 0 aliphatic rings. The minimum atomic E-state index is 0.625. The fraction of sp³-hybridized carbons (Fsp3) is 0.273. The summed E-state index contributed by atoms with van der Waals surface area (Å²) < 4.78 is 0. The number of H-pyrrole nitrogens is 1. The molecule has 0 spiro atoms. The van der Waals surface area contributed by atoms with E-state index < -0.39 is 0 Å². The van der Waals surface area contributed by atoms with E-state index in [1.54, 1.807) is 12.4 Å². The molecule has 0 fully saturated rings. The second-order valence-electron chi connectivity index (χ2n) is 3.42. The molecule has 0 unspecified atom stereocenters. The number of rotatable bonds is 3. The molecule has 2 aromatic heterocycles. The van der Waals surface area contributed by atoms with Crippen molar-refractivity contribution >= 4 is 0 Å². The van der Waals surface area contributed by atoms with Crippen molar-refractivity contribution in [1.29, 1.82) is 0 Å². The molecule has 0 aliphatic heterocycles. The van der Waals surface area contributed by atoms with Crippen molar-refractivity contribution in [2.24, 2.45) is 5.73 Å². The Morgan fingerprint density at radius 2 is 2.07 bits per heavy atom. The molecule has 0 amide bonds. The van der Waals surface area contributed by atoms with Crippen molar-refractivity contribution in [3.05, 3.63) is 36.0 Å². The third-order valence-corrected chi connectivity index (χ3v) is 2.25. The smallest absolute Gasteiger partial charge is 0.103 e. The van der Waals surface area contributed by atoms with Gasteiger partial charge >= 0.3 is 0 Å². The summed E-state index contributed by atoms with van der Waals surface area (Å²) in [5.41, 5.74) is 8.72. The van der Waals surface area contributed by atoms with Crippen LogP contribution in [0.2, 0.25) is 0 Å². The van der Waals surface area contributed by atoms with Gasteiger partial charge in [-0.25, -0.2) is 4.98 Å². The number of aryl methyl sites for hydroxylation is 1. The first kappa shape index (κ1) is 9.86. The van der Waals surface area contributed by atoms with Crippen LogP contribution in [0.3, 0.4) is 0 Å². The second-order valence-corrected chi connectivity index (χ2v) is 3.42. The first-order valence-electron chi connectivity index (χ1n) is 4.97. The normalized spacial score (nSPS) is 10.5. The molecule has 2 rings (SSSR count). The number of hydrogen-bond acceptors (Lipinski definition) is 3. The standard InChI is InChI=1S/C11H14N4/c1-8-14-10(2-5-12)11(15-8)9-3-6-13-7-4-9/h3-4,6-7H,2,5,12H2,1H3,(H,14,15). The molecule has 4 heteroatoms. The van der Waals surface area contributed by atoms with E-state index in [0.717, 1.165) is 29.2 Å². The van der Waals surface area contributed by atoms with Crippen molar-refractivity contribution < 1.29 is 0 Å². The summed E-state index contributed by atoms with van der Waals surface area (Å²) in [6.45, 7) is 2.57. The Hall–Kier alpha value is -1.68. The Bertz CT molecular complexity index is 433. The molecule has 0 aromatic carbocycles. The Morgan fingerprint density at radius 3 is 2.73 bits per heavy atom. The molecular formula is C11H14N4. The summed E-state index contributed by atoms with van der Waals surface area (Å²) in [6, 6.07) is 3.91. The van der Waals surface area contributed by atoms with Crippen molar-refractivity contribution in [2.45, 2.75) is 13.3 Å². The molecule has 2 heterocycles. The van der Waals surface area contributed by atoms with Crippen LogP contribution >= 0.6 is 0 Å². The highest BCUT2D eigenvalue weighted by Crippen LogP contribution is 2.20. The minimum absolute atomic E-state index is 0.625. The zero-order chi connectivity index (χ0) is 10.7. The van der Waals surface area contributed by atoms with E-state index in [-0.39, 0.29) is 0 Å². The van der Waals surface area contributed by atoms with E-state index in [4.69, 9.17) is 5.73 Å². The number of hydrogen-bond donors (Lipinski definition) is 2. The van der Waals surface area contributed by atoms with Gasteiger partial charge in [-0.05, 0) is 25.6 Å². The fourth-order valence-corrected chi connectivity index (χ4v) is 1.61. The van der Waals surface area contributed by atoms with Crippen molar-refractivity contribution in [3.8, 4) is 11.3 Å². The summed E-state index contributed by atoms with van der Waals surface area (Å²) in [5.74, 6) is 0.922. The predicted octanol–water partition coefficient (Wildman–Crippen LogP) is 1.28. The number of aromatic amines is 1. The molecule has 0 saturated heterocycles. The Kier molecular flexibility index (Phi) is 2.78. The topological polar surface area (TPSA) is 67.6 Å². The van der Waals surface area contributed by atoms with E-state index in [2.05, 4.69) is 15.0 Å². The monoisotopic (exact) mass is 202 g/mol. The van der Waals surface area contributed by atoms with Gasteiger partial charge in [0.25, 0.3) is 0 Å². The highest BCUT2D eigenvalue weighted by Gasteiger charge is 2.08. The number of aromatic nitrogens is 3. The lowest BCUT2D eigenvalue weighted by atomic mass is 10.1. The largest absolute Gasteiger partial charge is 0.346 e. The molecule has 0 bridgehead atoms. The van der Waals surface area contributed by atoms with Crippen LogP contribution in [0.4, 0.5) is 0 Å². The lowest BCUT2D eigenvalue weighted by Crippen LogP contribution is -2.04. The number of imidazole rings is 1. The lowest BCUT2D eigenvalue weighted by Gasteiger charge is -2.00. The predicted molar refractivity (Wildman–Crippen MR) is 59.3 cm³/mol. The van der Waals surface area contributed by atoms with Crippen LogP contribution in [-0.4, -0.2) is 21.5 Å². The van der Waals surface area contributed by atoms with Crippen LogP contribution in [0.5, 0.6) is 0 Å². The molecule has 78 valence electrons. The highest BCUT2D eigenvalue weighted by molar-refractivity contribution is 5.61.